The molecule has 0 saturated carbocycles. The first-order chi connectivity index (χ1) is 7.93. The molecule has 1 fully saturated rings. The van der Waals surface area contributed by atoms with Gasteiger partial charge in [0.1, 0.15) is 9.77 Å². The quantitative estimate of drug-likeness (QED) is 0.823. The fraction of sp³-hybridized carbons (Fsp3) is 0.444. The van der Waals surface area contributed by atoms with Crippen molar-refractivity contribution in [2.24, 2.45) is 0 Å². The summed E-state index contributed by atoms with van der Waals surface area (Å²) in [6.07, 6.45) is -0.289. The van der Waals surface area contributed by atoms with Crippen molar-refractivity contribution in [2.75, 3.05) is 13.1 Å². The smallest absolute Gasteiger partial charge is 0.347 e. The van der Waals surface area contributed by atoms with Crippen LogP contribution >= 0.6 is 11.3 Å². The second-order valence-electron chi connectivity index (χ2n) is 3.72. The van der Waals surface area contributed by atoms with Crippen LogP contribution in [0.1, 0.15) is 16.1 Å². The van der Waals surface area contributed by atoms with Gasteiger partial charge in [-0.3, -0.25) is 0 Å². The summed E-state index contributed by atoms with van der Waals surface area (Å²) < 4.78 is 25.4. The van der Waals surface area contributed by atoms with Crippen LogP contribution in [0.4, 0.5) is 0 Å². The zero-order chi connectivity index (χ0) is 12.6. The van der Waals surface area contributed by atoms with Crippen LogP contribution in [0.2, 0.25) is 0 Å². The standard InChI is InChI=1S/C9H11NO5S2/c11-6-1-3-10(5-6)17(14,15)7-2-4-16-8(7)9(12)13/h2,4,6,11H,1,3,5H2,(H,12,13). The van der Waals surface area contributed by atoms with Gasteiger partial charge in [-0.25, -0.2) is 13.2 Å². The minimum Gasteiger partial charge on any atom is -0.477 e. The molecule has 1 aromatic heterocycles. The van der Waals surface area contributed by atoms with Crippen LogP contribution in [0.15, 0.2) is 16.3 Å². The molecule has 2 heterocycles. The Morgan fingerprint density at radius 3 is 2.76 bits per heavy atom. The molecule has 6 nitrogen and oxygen atoms in total. The number of rotatable bonds is 3. The molecule has 1 aliphatic heterocycles. The maximum Gasteiger partial charge on any atom is 0.347 e. The largest absolute Gasteiger partial charge is 0.477 e. The molecule has 0 aromatic carbocycles. The van der Waals surface area contributed by atoms with Crippen LogP contribution in [0.25, 0.3) is 0 Å². The third-order valence-corrected chi connectivity index (χ3v) is 5.51. The van der Waals surface area contributed by atoms with Crippen molar-refractivity contribution in [1.29, 1.82) is 0 Å². The molecule has 94 valence electrons. The molecule has 1 aliphatic rings. The molecular weight excluding hydrogens is 266 g/mol. The third kappa shape index (κ3) is 2.21. The Bertz CT molecular complexity index is 535. The molecular formula is C9H11NO5S2. The van der Waals surface area contributed by atoms with E-state index in [4.69, 9.17) is 5.11 Å². The summed E-state index contributed by atoms with van der Waals surface area (Å²) in [5.41, 5.74) is 0. The van der Waals surface area contributed by atoms with Gasteiger partial charge in [-0.05, 0) is 17.9 Å². The number of hydrogen-bond acceptors (Lipinski definition) is 5. The minimum absolute atomic E-state index is 0.0250. The molecule has 1 atom stereocenters. The highest BCUT2D eigenvalue weighted by atomic mass is 32.2. The summed E-state index contributed by atoms with van der Waals surface area (Å²) in [5.74, 6) is -1.25. The van der Waals surface area contributed by atoms with Crippen LogP contribution < -0.4 is 0 Å². The second-order valence-corrected chi connectivity index (χ2v) is 6.55. The number of hydrogen-bond donors (Lipinski definition) is 2. The molecule has 2 N–H and O–H groups in total. The number of carboxylic acids is 1. The van der Waals surface area contributed by atoms with Crippen molar-refractivity contribution in [1.82, 2.24) is 4.31 Å². The Labute approximate surface area is 102 Å². The molecule has 2 rings (SSSR count). The normalized spacial score (nSPS) is 21.8. The van der Waals surface area contributed by atoms with Gasteiger partial charge in [0.15, 0.2) is 0 Å². The number of carboxylic acid groups (broad SMARTS) is 1. The molecule has 0 aliphatic carbocycles. The number of nitrogens with zero attached hydrogens (tertiary/aromatic N) is 1. The van der Waals surface area contributed by atoms with E-state index < -0.39 is 22.1 Å². The van der Waals surface area contributed by atoms with Crippen molar-refractivity contribution in [3.05, 3.63) is 16.3 Å². The Kier molecular flexibility index (Phi) is 3.21. The van der Waals surface area contributed by atoms with E-state index in [-0.39, 0.29) is 22.9 Å². The minimum atomic E-state index is -3.80. The van der Waals surface area contributed by atoms with Gasteiger partial charge in [0, 0.05) is 13.1 Å². The lowest BCUT2D eigenvalue weighted by molar-refractivity contribution is 0.0698. The lowest BCUT2D eigenvalue weighted by Gasteiger charge is -2.15. The van der Waals surface area contributed by atoms with Crippen LogP contribution in [0, 0.1) is 0 Å². The highest BCUT2D eigenvalue weighted by Crippen LogP contribution is 2.27. The fourth-order valence-corrected chi connectivity index (χ4v) is 4.45. The molecule has 0 spiro atoms. The van der Waals surface area contributed by atoms with Crippen LogP contribution in [-0.4, -0.2) is 48.1 Å². The first kappa shape index (κ1) is 12.5. The zero-order valence-electron chi connectivity index (χ0n) is 8.74. The highest BCUT2D eigenvalue weighted by molar-refractivity contribution is 7.89. The maximum atomic E-state index is 12.1. The molecule has 0 amide bonds. The van der Waals surface area contributed by atoms with Gasteiger partial charge >= 0.3 is 5.97 Å². The van der Waals surface area contributed by atoms with Gasteiger partial charge in [-0.1, -0.05) is 0 Å². The fourth-order valence-electron chi connectivity index (χ4n) is 1.72. The number of carbonyl (C=O) groups is 1. The molecule has 0 radical (unpaired) electrons. The van der Waals surface area contributed by atoms with E-state index in [1.165, 1.54) is 11.4 Å². The average molecular weight is 277 g/mol. The van der Waals surface area contributed by atoms with E-state index in [2.05, 4.69) is 0 Å². The predicted molar refractivity (Wildman–Crippen MR) is 60.7 cm³/mol. The Morgan fingerprint density at radius 1 is 1.53 bits per heavy atom. The Hall–Kier alpha value is -0.960. The van der Waals surface area contributed by atoms with Gasteiger partial charge in [0.25, 0.3) is 0 Å². The van der Waals surface area contributed by atoms with Crippen LogP contribution in [0.5, 0.6) is 0 Å². The van der Waals surface area contributed by atoms with Gasteiger partial charge in [-0.2, -0.15) is 4.31 Å². The highest BCUT2D eigenvalue weighted by Gasteiger charge is 2.34. The molecule has 17 heavy (non-hydrogen) atoms. The van der Waals surface area contributed by atoms with E-state index in [0.717, 1.165) is 15.6 Å². The number of aliphatic hydroxyl groups excluding tert-OH is 1. The first-order valence-corrected chi connectivity index (χ1v) is 7.24. The van der Waals surface area contributed by atoms with E-state index in [1.54, 1.807) is 0 Å². The van der Waals surface area contributed by atoms with E-state index >= 15 is 0 Å². The van der Waals surface area contributed by atoms with Gasteiger partial charge < -0.3 is 10.2 Å². The molecule has 8 heteroatoms. The number of β-amino-alcohol motifs (C(OH)–C–C–N with tert-alkyl or cyclic N) is 1. The molecule has 1 unspecified atom stereocenters. The average Bonchev–Trinajstić information content (AvgIpc) is 2.84. The van der Waals surface area contributed by atoms with E-state index in [1.807, 2.05) is 0 Å². The summed E-state index contributed by atoms with van der Waals surface area (Å²) in [6, 6.07) is 1.29. The lowest BCUT2D eigenvalue weighted by Crippen LogP contribution is -2.30. The lowest BCUT2D eigenvalue weighted by atomic mass is 10.3. The van der Waals surface area contributed by atoms with Gasteiger partial charge in [0.2, 0.25) is 10.0 Å². The Balaban J connectivity index is 2.38. The van der Waals surface area contributed by atoms with Crippen molar-refractivity contribution in [3.63, 3.8) is 0 Å². The van der Waals surface area contributed by atoms with E-state index in [9.17, 15) is 18.3 Å². The summed E-state index contributed by atoms with van der Waals surface area (Å²) in [6.45, 7) is 0.246. The first-order valence-electron chi connectivity index (χ1n) is 4.92. The zero-order valence-corrected chi connectivity index (χ0v) is 10.4. The van der Waals surface area contributed by atoms with Crippen molar-refractivity contribution in [2.45, 2.75) is 17.4 Å². The van der Waals surface area contributed by atoms with Gasteiger partial charge in [-0.15, -0.1) is 11.3 Å². The second kappa shape index (κ2) is 4.37. The maximum absolute atomic E-state index is 12.1. The monoisotopic (exact) mass is 277 g/mol. The number of aliphatic hydroxyl groups is 1. The predicted octanol–water partition coefficient (Wildman–Crippen LogP) is 0.202. The van der Waals surface area contributed by atoms with Gasteiger partial charge in [0.05, 0.1) is 6.10 Å². The van der Waals surface area contributed by atoms with Crippen LogP contribution in [-0.2, 0) is 10.0 Å². The molecule has 1 aromatic rings. The van der Waals surface area contributed by atoms with Crippen molar-refractivity contribution >= 4 is 27.3 Å². The molecule has 1 saturated heterocycles. The summed E-state index contributed by atoms with van der Waals surface area (Å²) in [4.78, 5) is 10.5. The van der Waals surface area contributed by atoms with Crippen molar-refractivity contribution in [3.8, 4) is 0 Å². The summed E-state index contributed by atoms with van der Waals surface area (Å²) >= 11 is 0.876. The molecule has 0 bridgehead atoms. The number of aromatic carboxylic acids is 1. The third-order valence-electron chi connectivity index (χ3n) is 2.57. The van der Waals surface area contributed by atoms with E-state index in [0.29, 0.717) is 6.42 Å². The Morgan fingerprint density at radius 2 is 2.24 bits per heavy atom. The SMILES string of the molecule is O=C(O)c1sccc1S(=O)(=O)N1CCC(O)C1. The summed E-state index contributed by atoms with van der Waals surface area (Å²) in [7, 11) is -3.80. The van der Waals surface area contributed by atoms with Crippen molar-refractivity contribution < 1.29 is 23.4 Å². The summed E-state index contributed by atoms with van der Waals surface area (Å²) in [5, 5.41) is 19.6. The number of thiophene rings is 1. The number of sulfonamides is 1. The van der Waals surface area contributed by atoms with Crippen LogP contribution in [0.3, 0.4) is 0 Å². The topological polar surface area (TPSA) is 94.9 Å².